The minimum atomic E-state index is 0.721. The van der Waals surface area contributed by atoms with Crippen LogP contribution in [0.5, 0.6) is 11.5 Å². The van der Waals surface area contributed by atoms with Crippen molar-refractivity contribution >= 4 is 5.57 Å². The molecule has 0 N–H and O–H groups in total. The molecule has 0 amide bonds. The van der Waals surface area contributed by atoms with Crippen molar-refractivity contribution < 1.29 is 4.74 Å². The fourth-order valence-electron chi connectivity index (χ4n) is 4.61. The first-order valence-corrected chi connectivity index (χ1v) is 8.62. The van der Waals surface area contributed by atoms with Crippen molar-refractivity contribution in [3.63, 3.8) is 0 Å². The number of ether oxygens (including phenoxy) is 1. The lowest BCUT2D eigenvalue weighted by atomic mass is 9.84. The van der Waals surface area contributed by atoms with Crippen molar-refractivity contribution in [1.82, 2.24) is 4.90 Å². The average Bonchev–Trinajstić information content (AvgIpc) is 2.81. The smallest absolute Gasteiger partial charge is 0.135 e. The van der Waals surface area contributed by atoms with Gasteiger partial charge in [0.1, 0.15) is 11.5 Å². The second kappa shape index (κ2) is 4.97. The Morgan fingerprint density at radius 1 is 0.826 bits per heavy atom. The van der Waals surface area contributed by atoms with Crippen molar-refractivity contribution in [1.29, 1.82) is 0 Å². The van der Waals surface area contributed by atoms with E-state index in [1.807, 2.05) is 0 Å². The molecule has 23 heavy (non-hydrogen) atoms. The van der Waals surface area contributed by atoms with Gasteiger partial charge >= 0.3 is 0 Å². The Labute approximate surface area is 137 Å². The number of benzene rings is 2. The van der Waals surface area contributed by atoms with Gasteiger partial charge in [0.05, 0.1) is 0 Å². The maximum absolute atomic E-state index is 6.14. The third-order valence-electron chi connectivity index (χ3n) is 5.84. The molecule has 2 aromatic carbocycles. The van der Waals surface area contributed by atoms with Crippen molar-refractivity contribution in [2.45, 2.75) is 37.8 Å². The molecule has 3 heterocycles. The second-order valence-electron chi connectivity index (χ2n) is 7.03. The third-order valence-corrected chi connectivity index (χ3v) is 5.84. The first-order chi connectivity index (χ1) is 11.3. The van der Waals surface area contributed by atoms with Crippen LogP contribution < -0.4 is 4.74 Å². The first-order valence-electron chi connectivity index (χ1n) is 8.62. The van der Waals surface area contributed by atoms with Gasteiger partial charge in [0.25, 0.3) is 0 Å². The quantitative estimate of drug-likeness (QED) is 0.588. The highest BCUT2D eigenvalue weighted by atomic mass is 16.5. The number of hydrogen-bond donors (Lipinski definition) is 0. The summed E-state index contributed by atoms with van der Waals surface area (Å²) in [5.74, 6) is 2.00. The van der Waals surface area contributed by atoms with E-state index in [9.17, 15) is 0 Å². The molecule has 2 nitrogen and oxygen atoms in total. The van der Waals surface area contributed by atoms with Crippen molar-refractivity contribution in [3.05, 3.63) is 65.2 Å². The Bertz CT molecular complexity index is 743. The molecular weight excluding hydrogens is 282 g/mol. The van der Waals surface area contributed by atoms with E-state index in [4.69, 9.17) is 4.74 Å². The van der Waals surface area contributed by atoms with Crippen LogP contribution in [0, 0.1) is 0 Å². The van der Waals surface area contributed by atoms with Crippen molar-refractivity contribution in [3.8, 4) is 11.5 Å². The van der Waals surface area contributed by atoms with E-state index in [0.717, 1.165) is 23.6 Å². The first kappa shape index (κ1) is 13.4. The van der Waals surface area contributed by atoms with Gasteiger partial charge in [-0.05, 0) is 50.4 Å². The molecule has 2 heteroatoms. The summed E-state index contributed by atoms with van der Waals surface area (Å²) in [6, 6.07) is 18.4. The molecule has 2 bridgehead atoms. The van der Waals surface area contributed by atoms with Gasteiger partial charge < -0.3 is 4.74 Å². The number of piperidine rings is 1. The highest BCUT2D eigenvalue weighted by Crippen LogP contribution is 2.48. The molecular formula is C21H21NO. The average molecular weight is 303 g/mol. The summed E-state index contributed by atoms with van der Waals surface area (Å²) in [6.45, 7) is 0. The van der Waals surface area contributed by atoms with E-state index >= 15 is 0 Å². The minimum Gasteiger partial charge on any atom is -0.456 e. The van der Waals surface area contributed by atoms with Crippen LogP contribution in [-0.2, 0) is 0 Å². The number of fused-ring (bicyclic) bond motifs is 4. The standard InChI is InChI=1S/C21H21NO/c1-22-15-10-11-16(22)13-14(12-15)21-17-6-2-4-8-19(17)23-20-9-5-3-7-18(20)21/h2-9,15-16H,10-13H2,1H3. The van der Waals surface area contributed by atoms with Crippen LogP contribution in [0.1, 0.15) is 36.8 Å². The van der Waals surface area contributed by atoms with E-state index in [0.29, 0.717) is 0 Å². The summed E-state index contributed by atoms with van der Waals surface area (Å²) in [5.41, 5.74) is 5.60. The molecule has 0 spiro atoms. The van der Waals surface area contributed by atoms with Crippen molar-refractivity contribution in [2.75, 3.05) is 7.05 Å². The molecule has 0 aliphatic carbocycles. The molecule has 116 valence electrons. The maximum atomic E-state index is 6.14. The minimum absolute atomic E-state index is 0.721. The van der Waals surface area contributed by atoms with Crippen LogP contribution in [0.2, 0.25) is 0 Å². The van der Waals surface area contributed by atoms with Crippen LogP contribution in [0.15, 0.2) is 54.1 Å². The van der Waals surface area contributed by atoms with E-state index in [-0.39, 0.29) is 0 Å². The summed E-state index contributed by atoms with van der Waals surface area (Å²) < 4.78 is 6.14. The molecule has 2 aromatic rings. The van der Waals surface area contributed by atoms with Gasteiger partial charge in [-0.25, -0.2) is 0 Å². The molecule has 2 saturated heterocycles. The molecule has 2 fully saturated rings. The number of nitrogens with zero attached hydrogens (tertiary/aromatic N) is 1. The molecule has 2 unspecified atom stereocenters. The van der Waals surface area contributed by atoms with Gasteiger partial charge in [0.2, 0.25) is 0 Å². The van der Waals surface area contributed by atoms with Gasteiger partial charge in [-0.1, -0.05) is 42.0 Å². The summed E-state index contributed by atoms with van der Waals surface area (Å²) >= 11 is 0. The van der Waals surface area contributed by atoms with Gasteiger partial charge in [0.15, 0.2) is 0 Å². The lowest BCUT2D eigenvalue weighted by molar-refractivity contribution is 0.210. The summed E-state index contributed by atoms with van der Waals surface area (Å²) in [6.07, 6.45) is 5.09. The SMILES string of the molecule is CN1C2CCC1CC(=C1c3ccccc3Oc3ccccc31)C2. The third kappa shape index (κ3) is 1.98. The Balaban J connectivity index is 1.72. The lowest BCUT2D eigenvalue weighted by Gasteiger charge is -2.35. The zero-order valence-electron chi connectivity index (χ0n) is 13.5. The number of rotatable bonds is 0. The van der Waals surface area contributed by atoms with Crippen LogP contribution in [0.3, 0.4) is 0 Å². The molecule has 0 saturated carbocycles. The van der Waals surface area contributed by atoms with Crippen LogP contribution in [0.4, 0.5) is 0 Å². The van der Waals surface area contributed by atoms with E-state index in [1.165, 1.54) is 42.4 Å². The predicted octanol–water partition coefficient (Wildman–Crippen LogP) is 4.85. The summed E-state index contributed by atoms with van der Waals surface area (Å²) in [4.78, 5) is 2.60. The largest absolute Gasteiger partial charge is 0.456 e. The van der Waals surface area contributed by atoms with Gasteiger partial charge in [0, 0.05) is 23.2 Å². The fourth-order valence-corrected chi connectivity index (χ4v) is 4.61. The van der Waals surface area contributed by atoms with Crippen LogP contribution in [-0.4, -0.2) is 24.0 Å². The fraction of sp³-hybridized carbons (Fsp3) is 0.333. The topological polar surface area (TPSA) is 12.5 Å². The van der Waals surface area contributed by atoms with E-state index in [2.05, 4.69) is 60.5 Å². The molecule has 3 aliphatic heterocycles. The second-order valence-corrected chi connectivity index (χ2v) is 7.03. The van der Waals surface area contributed by atoms with E-state index < -0.39 is 0 Å². The molecule has 2 atom stereocenters. The molecule has 0 radical (unpaired) electrons. The summed E-state index contributed by atoms with van der Waals surface area (Å²) in [7, 11) is 2.30. The Kier molecular flexibility index (Phi) is 2.89. The number of para-hydroxylation sites is 2. The lowest BCUT2D eigenvalue weighted by Crippen LogP contribution is -2.37. The van der Waals surface area contributed by atoms with Gasteiger partial charge in [-0.15, -0.1) is 0 Å². The Morgan fingerprint density at radius 3 is 1.91 bits per heavy atom. The maximum Gasteiger partial charge on any atom is 0.135 e. The zero-order chi connectivity index (χ0) is 15.4. The number of hydrogen-bond acceptors (Lipinski definition) is 2. The molecule has 5 rings (SSSR count). The Morgan fingerprint density at radius 2 is 1.35 bits per heavy atom. The van der Waals surface area contributed by atoms with E-state index in [1.54, 1.807) is 5.57 Å². The Hall–Kier alpha value is -2.06. The normalized spacial score (nSPS) is 25.8. The van der Waals surface area contributed by atoms with Gasteiger partial charge in [-0.3, -0.25) is 4.90 Å². The predicted molar refractivity (Wildman–Crippen MR) is 92.8 cm³/mol. The monoisotopic (exact) mass is 303 g/mol. The highest BCUT2D eigenvalue weighted by Gasteiger charge is 2.38. The summed E-state index contributed by atoms with van der Waals surface area (Å²) in [5, 5.41) is 0. The molecule has 3 aliphatic rings. The van der Waals surface area contributed by atoms with Crippen LogP contribution >= 0.6 is 0 Å². The van der Waals surface area contributed by atoms with Crippen molar-refractivity contribution in [2.24, 2.45) is 0 Å². The van der Waals surface area contributed by atoms with Crippen LogP contribution in [0.25, 0.3) is 5.57 Å². The zero-order valence-corrected chi connectivity index (χ0v) is 13.5. The molecule has 0 aromatic heterocycles. The van der Waals surface area contributed by atoms with Gasteiger partial charge in [-0.2, -0.15) is 0 Å². The highest BCUT2D eigenvalue weighted by molar-refractivity contribution is 5.89.